The van der Waals surface area contributed by atoms with E-state index in [2.05, 4.69) is 32.5 Å². The number of anilines is 1. The van der Waals surface area contributed by atoms with E-state index in [4.69, 9.17) is 4.74 Å². The Morgan fingerprint density at radius 1 is 1.04 bits per heavy atom. The van der Waals surface area contributed by atoms with Crippen LogP contribution in [0.2, 0.25) is 0 Å². The average molecular weight is 367 g/mol. The van der Waals surface area contributed by atoms with Crippen LogP contribution >= 0.6 is 0 Å². The third kappa shape index (κ3) is 4.67. The van der Waals surface area contributed by atoms with Crippen LogP contribution in [0.15, 0.2) is 42.5 Å². The molecule has 1 aromatic carbocycles. The number of carbonyl (C=O) groups is 1. The molecule has 2 amide bonds. The molecule has 27 heavy (non-hydrogen) atoms. The molecule has 2 aliphatic rings. The van der Waals surface area contributed by atoms with E-state index in [1.807, 2.05) is 35.2 Å². The molecular weight excluding hydrogens is 342 g/mol. The number of urea groups is 1. The average Bonchev–Trinajstić information content (AvgIpc) is 3.58. The number of nitrogens with one attached hydrogen (secondary N) is 1. The number of hydrogen-bond donors (Lipinski definition) is 1. The number of para-hydroxylation sites is 1. The molecule has 0 radical (unpaired) electrons. The Bertz CT molecular complexity index is 741. The smallest absolute Gasteiger partial charge is 0.317 e. The number of amides is 2. The van der Waals surface area contributed by atoms with Crippen molar-refractivity contribution >= 4 is 11.8 Å². The van der Waals surface area contributed by atoms with Gasteiger partial charge in [-0.15, -0.1) is 5.10 Å². The lowest BCUT2D eigenvalue weighted by atomic mass is 10.2. The van der Waals surface area contributed by atoms with Gasteiger partial charge in [-0.1, -0.05) is 18.2 Å². The Morgan fingerprint density at radius 2 is 1.81 bits per heavy atom. The van der Waals surface area contributed by atoms with Crippen LogP contribution in [0.25, 0.3) is 0 Å². The van der Waals surface area contributed by atoms with Crippen LogP contribution in [0, 0.1) is 0 Å². The van der Waals surface area contributed by atoms with Gasteiger partial charge in [0.05, 0.1) is 12.2 Å². The molecule has 2 fully saturated rings. The second-order valence-electron chi connectivity index (χ2n) is 6.96. The number of rotatable bonds is 6. The Balaban J connectivity index is 1.17. The van der Waals surface area contributed by atoms with Gasteiger partial charge in [-0.25, -0.2) is 4.79 Å². The summed E-state index contributed by atoms with van der Waals surface area (Å²) >= 11 is 0. The zero-order valence-corrected chi connectivity index (χ0v) is 15.4. The zero-order chi connectivity index (χ0) is 18.5. The van der Waals surface area contributed by atoms with Crippen LogP contribution in [0.1, 0.15) is 24.5 Å². The van der Waals surface area contributed by atoms with Gasteiger partial charge in [0.25, 0.3) is 0 Å². The molecule has 1 aliphatic carbocycles. The van der Waals surface area contributed by atoms with E-state index in [-0.39, 0.29) is 6.03 Å². The minimum atomic E-state index is -0.0403. The molecule has 2 aromatic rings. The standard InChI is InChI=1S/C20H25N5O2/c26-20(21-10-15-27-17-4-2-1-3-5-17)25-13-11-24(12-14-25)19-9-8-18(22-23-19)16-6-7-16/h1-5,8-9,16H,6-7,10-15H2,(H,21,26). The maximum Gasteiger partial charge on any atom is 0.317 e. The Morgan fingerprint density at radius 3 is 2.48 bits per heavy atom. The molecule has 4 rings (SSSR count). The van der Waals surface area contributed by atoms with Crippen molar-refractivity contribution in [3.05, 3.63) is 48.2 Å². The third-order valence-electron chi connectivity index (χ3n) is 4.95. The van der Waals surface area contributed by atoms with Crippen molar-refractivity contribution in [3.8, 4) is 5.75 Å². The SMILES string of the molecule is O=C(NCCOc1ccccc1)N1CCN(c2ccc(C3CC3)nn2)CC1. The lowest BCUT2D eigenvalue weighted by Crippen LogP contribution is -2.52. The lowest BCUT2D eigenvalue weighted by Gasteiger charge is -2.35. The number of ether oxygens (including phenoxy) is 1. The van der Waals surface area contributed by atoms with Crippen molar-refractivity contribution in [2.24, 2.45) is 0 Å². The van der Waals surface area contributed by atoms with Crippen molar-refractivity contribution in [2.75, 3.05) is 44.2 Å². The van der Waals surface area contributed by atoms with Crippen molar-refractivity contribution in [3.63, 3.8) is 0 Å². The molecule has 7 nitrogen and oxygen atoms in total. The van der Waals surface area contributed by atoms with Crippen molar-refractivity contribution in [1.29, 1.82) is 0 Å². The molecule has 0 atom stereocenters. The number of piperazine rings is 1. The highest BCUT2D eigenvalue weighted by atomic mass is 16.5. The molecule has 2 heterocycles. The van der Waals surface area contributed by atoms with Gasteiger partial charge in [0.1, 0.15) is 12.4 Å². The van der Waals surface area contributed by atoms with E-state index in [1.165, 1.54) is 12.8 Å². The van der Waals surface area contributed by atoms with Crippen LogP contribution in [-0.2, 0) is 0 Å². The molecule has 1 aromatic heterocycles. The van der Waals surface area contributed by atoms with Crippen molar-refractivity contribution in [1.82, 2.24) is 20.4 Å². The number of nitrogens with zero attached hydrogens (tertiary/aromatic N) is 4. The van der Waals surface area contributed by atoms with Crippen molar-refractivity contribution < 1.29 is 9.53 Å². The summed E-state index contributed by atoms with van der Waals surface area (Å²) in [4.78, 5) is 16.3. The zero-order valence-electron chi connectivity index (χ0n) is 15.4. The molecule has 0 bridgehead atoms. The first kappa shape index (κ1) is 17.6. The number of aromatic nitrogens is 2. The van der Waals surface area contributed by atoms with Crippen LogP contribution < -0.4 is 15.0 Å². The maximum atomic E-state index is 12.3. The first-order valence-corrected chi connectivity index (χ1v) is 9.59. The van der Waals surface area contributed by atoms with E-state index < -0.39 is 0 Å². The molecular formula is C20H25N5O2. The molecule has 1 saturated carbocycles. The van der Waals surface area contributed by atoms with Gasteiger partial charge < -0.3 is 19.9 Å². The van der Waals surface area contributed by atoms with E-state index in [0.29, 0.717) is 32.2 Å². The summed E-state index contributed by atoms with van der Waals surface area (Å²) in [6, 6.07) is 13.7. The number of benzene rings is 1. The largest absolute Gasteiger partial charge is 0.492 e. The van der Waals surface area contributed by atoms with E-state index in [1.54, 1.807) is 0 Å². The predicted octanol–water partition coefficient (Wildman–Crippen LogP) is 2.26. The summed E-state index contributed by atoms with van der Waals surface area (Å²) < 4.78 is 5.59. The Labute approximate surface area is 159 Å². The molecule has 1 saturated heterocycles. The van der Waals surface area contributed by atoms with E-state index in [9.17, 15) is 4.79 Å². The second kappa shape index (κ2) is 8.24. The molecule has 142 valence electrons. The van der Waals surface area contributed by atoms with Crippen LogP contribution in [-0.4, -0.2) is 60.5 Å². The third-order valence-corrected chi connectivity index (χ3v) is 4.95. The molecule has 1 N–H and O–H groups in total. The molecule has 1 aliphatic heterocycles. The fraction of sp³-hybridized carbons (Fsp3) is 0.450. The maximum absolute atomic E-state index is 12.3. The fourth-order valence-electron chi connectivity index (χ4n) is 3.20. The summed E-state index contributed by atoms with van der Waals surface area (Å²) in [7, 11) is 0. The Hall–Kier alpha value is -2.83. The first-order chi connectivity index (χ1) is 13.3. The number of carbonyl (C=O) groups excluding carboxylic acids is 1. The minimum Gasteiger partial charge on any atom is -0.492 e. The van der Waals surface area contributed by atoms with Crippen LogP contribution in [0.3, 0.4) is 0 Å². The van der Waals surface area contributed by atoms with E-state index >= 15 is 0 Å². The van der Waals surface area contributed by atoms with Crippen LogP contribution in [0.5, 0.6) is 5.75 Å². The topological polar surface area (TPSA) is 70.6 Å². The summed E-state index contributed by atoms with van der Waals surface area (Å²) in [5, 5.41) is 11.6. The normalized spacial score (nSPS) is 16.9. The predicted molar refractivity (Wildman–Crippen MR) is 103 cm³/mol. The Kier molecular flexibility index (Phi) is 5.37. The summed E-state index contributed by atoms with van der Waals surface area (Å²) in [6.07, 6.45) is 2.47. The highest BCUT2D eigenvalue weighted by Gasteiger charge is 2.26. The lowest BCUT2D eigenvalue weighted by molar-refractivity contribution is 0.191. The summed E-state index contributed by atoms with van der Waals surface area (Å²) in [5.74, 6) is 2.34. The van der Waals surface area contributed by atoms with Gasteiger partial charge in [-0.2, -0.15) is 5.10 Å². The van der Waals surface area contributed by atoms with Gasteiger partial charge in [-0.05, 0) is 37.1 Å². The fourth-order valence-corrected chi connectivity index (χ4v) is 3.20. The quantitative estimate of drug-likeness (QED) is 0.793. The van der Waals surface area contributed by atoms with Gasteiger partial charge in [0.2, 0.25) is 0 Å². The molecule has 0 unspecified atom stereocenters. The van der Waals surface area contributed by atoms with Gasteiger partial charge in [0.15, 0.2) is 5.82 Å². The van der Waals surface area contributed by atoms with Gasteiger partial charge in [0, 0.05) is 32.1 Å². The monoisotopic (exact) mass is 367 g/mol. The molecule has 7 heteroatoms. The second-order valence-corrected chi connectivity index (χ2v) is 6.96. The molecule has 0 spiro atoms. The summed E-state index contributed by atoms with van der Waals surface area (Å²) in [6.45, 7) is 3.84. The first-order valence-electron chi connectivity index (χ1n) is 9.59. The highest BCUT2D eigenvalue weighted by Crippen LogP contribution is 2.38. The highest BCUT2D eigenvalue weighted by molar-refractivity contribution is 5.74. The van der Waals surface area contributed by atoms with Gasteiger partial charge in [-0.3, -0.25) is 0 Å². The minimum absolute atomic E-state index is 0.0403. The number of hydrogen-bond acceptors (Lipinski definition) is 5. The van der Waals surface area contributed by atoms with Gasteiger partial charge >= 0.3 is 6.03 Å². The van der Waals surface area contributed by atoms with Crippen molar-refractivity contribution in [2.45, 2.75) is 18.8 Å². The van der Waals surface area contributed by atoms with Crippen LogP contribution in [0.4, 0.5) is 10.6 Å². The van der Waals surface area contributed by atoms with E-state index in [0.717, 1.165) is 30.4 Å². The summed E-state index contributed by atoms with van der Waals surface area (Å²) in [5.41, 5.74) is 1.11.